The Labute approximate surface area is 158 Å². The molecule has 0 N–H and O–H groups in total. The maximum atomic E-state index is 12.3. The van der Waals surface area contributed by atoms with Crippen molar-refractivity contribution in [1.29, 1.82) is 0 Å². The lowest BCUT2D eigenvalue weighted by molar-refractivity contribution is -0.148. The van der Waals surface area contributed by atoms with Crippen LogP contribution in [0.4, 0.5) is 0 Å². The van der Waals surface area contributed by atoms with Crippen LogP contribution < -0.4 is 4.74 Å². The Bertz CT molecular complexity index is 1070. The van der Waals surface area contributed by atoms with E-state index in [0.29, 0.717) is 17.2 Å². The predicted molar refractivity (Wildman–Crippen MR) is 98.6 cm³/mol. The molecule has 0 saturated heterocycles. The molecule has 0 unspecified atom stereocenters. The van der Waals surface area contributed by atoms with Gasteiger partial charge in [-0.1, -0.05) is 6.07 Å². The Hall–Kier alpha value is -3.13. The lowest BCUT2D eigenvalue weighted by Crippen LogP contribution is -2.11. The first-order chi connectivity index (χ1) is 13.1. The lowest BCUT2D eigenvalue weighted by Gasteiger charge is -2.08. The minimum absolute atomic E-state index is 0.0790. The summed E-state index contributed by atoms with van der Waals surface area (Å²) in [6.07, 6.45) is 0.990. The molecule has 4 aromatic rings. The van der Waals surface area contributed by atoms with Crippen molar-refractivity contribution >= 4 is 28.3 Å². The number of furan rings is 1. The number of methoxy groups -OCH3 is 1. The molecule has 0 aliphatic heterocycles. The van der Waals surface area contributed by atoms with Crippen LogP contribution in [0.3, 0.4) is 0 Å². The van der Waals surface area contributed by atoms with Gasteiger partial charge in [0.1, 0.15) is 11.3 Å². The van der Waals surface area contributed by atoms with Crippen LogP contribution in [0.15, 0.2) is 50.8 Å². The molecule has 0 fully saturated rings. The molecular formula is C19H16N2O5S. The number of nitrogens with zero attached hydrogens (tertiary/aromatic N) is 2. The number of benzene rings is 1. The van der Waals surface area contributed by atoms with Crippen molar-refractivity contribution in [2.75, 3.05) is 7.11 Å². The van der Waals surface area contributed by atoms with E-state index in [4.69, 9.17) is 18.3 Å². The van der Waals surface area contributed by atoms with Gasteiger partial charge in [0.05, 0.1) is 24.7 Å². The number of ether oxygens (including phenoxy) is 2. The Morgan fingerprint density at radius 3 is 2.96 bits per heavy atom. The average Bonchev–Trinajstić information content (AvgIpc) is 3.41. The quantitative estimate of drug-likeness (QED) is 0.455. The molecule has 27 heavy (non-hydrogen) atoms. The van der Waals surface area contributed by atoms with Gasteiger partial charge in [-0.05, 0) is 30.5 Å². The molecule has 8 heteroatoms. The van der Waals surface area contributed by atoms with E-state index in [-0.39, 0.29) is 12.3 Å². The van der Waals surface area contributed by atoms with Crippen LogP contribution in [-0.2, 0) is 16.0 Å². The number of hydrogen-bond acceptors (Lipinski definition) is 8. The van der Waals surface area contributed by atoms with Gasteiger partial charge in [-0.25, -0.2) is 0 Å². The third-order valence-corrected chi connectivity index (χ3v) is 4.88. The number of thiophene rings is 1. The normalized spacial score (nSPS) is 12.2. The van der Waals surface area contributed by atoms with Gasteiger partial charge < -0.3 is 18.3 Å². The van der Waals surface area contributed by atoms with Crippen molar-refractivity contribution in [1.82, 2.24) is 10.2 Å². The fraction of sp³-hybridized carbons (Fsp3) is 0.211. The zero-order chi connectivity index (χ0) is 18.8. The molecule has 0 bridgehead atoms. The van der Waals surface area contributed by atoms with Crippen LogP contribution in [0.5, 0.6) is 5.75 Å². The van der Waals surface area contributed by atoms with Crippen molar-refractivity contribution in [3.05, 3.63) is 53.4 Å². The molecule has 3 aromatic heterocycles. The molecule has 138 valence electrons. The van der Waals surface area contributed by atoms with Crippen molar-refractivity contribution in [2.45, 2.75) is 19.4 Å². The highest BCUT2D eigenvalue weighted by Crippen LogP contribution is 2.28. The SMILES string of the molecule is COc1ccc2c(CC(=O)O[C@@H](C)c3nnc(-c4cccs4)o3)coc2c1. The van der Waals surface area contributed by atoms with Crippen LogP contribution in [0, 0.1) is 0 Å². The molecular weight excluding hydrogens is 368 g/mol. The maximum absolute atomic E-state index is 12.3. The first-order valence-electron chi connectivity index (χ1n) is 8.25. The fourth-order valence-corrected chi connectivity index (χ4v) is 3.32. The van der Waals surface area contributed by atoms with Gasteiger partial charge in [0.2, 0.25) is 0 Å². The number of esters is 1. The van der Waals surface area contributed by atoms with Crippen LogP contribution in [0.25, 0.3) is 21.7 Å². The van der Waals surface area contributed by atoms with Crippen molar-refractivity contribution in [3.8, 4) is 16.5 Å². The summed E-state index contributed by atoms with van der Waals surface area (Å²) in [5.41, 5.74) is 1.40. The Morgan fingerprint density at radius 2 is 2.19 bits per heavy atom. The molecule has 4 rings (SSSR count). The first kappa shape index (κ1) is 17.3. The Morgan fingerprint density at radius 1 is 1.30 bits per heavy atom. The number of aromatic nitrogens is 2. The van der Waals surface area contributed by atoms with Gasteiger partial charge in [-0.3, -0.25) is 4.79 Å². The molecule has 0 spiro atoms. The molecule has 3 heterocycles. The number of fused-ring (bicyclic) bond motifs is 1. The van der Waals surface area contributed by atoms with Crippen molar-refractivity contribution < 1.29 is 23.1 Å². The van der Waals surface area contributed by atoms with E-state index in [0.717, 1.165) is 15.8 Å². The van der Waals surface area contributed by atoms with Gasteiger partial charge >= 0.3 is 5.97 Å². The summed E-state index contributed by atoms with van der Waals surface area (Å²) in [6, 6.07) is 9.24. The third kappa shape index (κ3) is 3.56. The second kappa shape index (κ2) is 7.24. The first-order valence-corrected chi connectivity index (χ1v) is 9.13. The summed E-state index contributed by atoms with van der Waals surface area (Å²) >= 11 is 1.50. The molecule has 0 aliphatic rings. The summed E-state index contributed by atoms with van der Waals surface area (Å²) in [4.78, 5) is 13.2. The molecule has 1 atom stereocenters. The minimum atomic E-state index is -0.642. The van der Waals surface area contributed by atoms with Crippen LogP contribution in [0.2, 0.25) is 0 Å². The van der Waals surface area contributed by atoms with Crippen LogP contribution >= 0.6 is 11.3 Å². The molecule has 7 nitrogen and oxygen atoms in total. The second-order valence-corrected chi connectivity index (χ2v) is 6.80. The molecule has 0 amide bonds. The summed E-state index contributed by atoms with van der Waals surface area (Å²) in [7, 11) is 1.59. The standard InChI is InChI=1S/C19H16N2O5S/c1-11(18-20-21-19(26-18)16-4-3-7-27-16)25-17(22)8-12-10-24-15-9-13(23-2)5-6-14(12)15/h3-7,9-11H,8H2,1-2H3/t11-/m0/s1. The summed E-state index contributed by atoms with van der Waals surface area (Å²) in [5.74, 6) is 0.959. The maximum Gasteiger partial charge on any atom is 0.311 e. The summed E-state index contributed by atoms with van der Waals surface area (Å²) in [6.45, 7) is 1.70. The second-order valence-electron chi connectivity index (χ2n) is 5.85. The van der Waals surface area contributed by atoms with E-state index in [1.165, 1.54) is 11.3 Å². The van der Waals surface area contributed by atoms with Crippen LogP contribution in [-0.4, -0.2) is 23.3 Å². The van der Waals surface area contributed by atoms with Crippen molar-refractivity contribution in [3.63, 3.8) is 0 Å². The van der Waals surface area contributed by atoms with E-state index in [2.05, 4.69) is 10.2 Å². The van der Waals surface area contributed by atoms with Crippen LogP contribution in [0.1, 0.15) is 24.5 Å². The van der Waals surface area contributed by atoms with Crippen molar-refractivity contribution in [2.24, 2.45) is 0 Å². The fourth-order valence-electron chi connectivity index (χ4n) is 2.67. The summed E-state index contributed by atoms with van der Waals surface area (Å²) < 4.78 is 21.7. The number of hydrogen-bond donors (Lipinski definition) is 0. The van der Waals surface area contributed by atoms with Gasteiger partial charge in [0, 0.05) is 17.0 Å². The molecule has 0 radical (unpaired) electrons. The summed E-state index contributed by atoms with van der Waals surface area (Å²) in [5, 5.41) is 10.7. The Balaban J connectivity index is 1.43. The van der Waals surface area contributed by atoms with Gasteiger partial charge in [0.25, 0.3) is 11.8 Å². The number of carbonyl (C=O) groups excluding carboxylic acids is 1. The molecule has 0 aliphatic carbocycles. The van der Waals surface area contributed by atoms with E-state index >= 15 is 0 Å². The van der Waals surface area contributed by atoms with Gasteiger partial charge in [0.15, 0.2) is 6.10 Å². The number of rotatable bonds is 6. The average molecular weight is 384 g/mol. The highest BCUT2D eigenvalue weighted by Gasteiger charge is 2.20. The third-order valence-electron chi connectivity index (χ3n) is 4.03. The largest absolute Gasteiger partial charge is 0.497 e. The van der Waals surface area contributed by atoms with E-state index in [9.17, 15) is 4.79 Å². The molecule has 1 aromatic carbocycles. The number of carbonyl (C=O) groups is 1. The smallest absolute Gasteiger partial charge is 0.311 e. The minimum Gasteiger partial charge on any atom is -0.497 e. The predicted octanol–water partition coefficient (Wildman–Crippen LogP) is 4.40. The Kier molecular flexibility index (Phi) is 4.64. The zero-order valence-corrected chi connectivity index (χ0v) is 15.5. The van der Waals surface area contributed by atoms with Gasteiger partial charge in [-0.2, -0.15) is 0 Å². The molecule has 0 saturated carbocycles. The monoisotopic (exact) mass is 384 g/mol. The van der Waals surface area contributed by atoms with E-state index in [1.54, 1.807) is 26.4 Å². The van der Waals surface area contributed by atoms with E-state index in [1.807, 2.05) is 29.6 Å². The lowest BCUT2D eigenvalue weighted by atomic mass is 10.1. The van der Waals surface area contributed by atoms with E-state index < -0.39 is 12.1 Å². The topological polar surface area (TPSA) is 87.6 Å². The van der Waals surface area contributed by atoms with Gasteiger partial charge in [-0.15, -0.1) is 21.5 Å². The zero-order valence-electron chi connectivity index (χ0n) is 14.7. The highest BCUT2D eigenvalue weighted by molar-refractivity contribution is 7.13. The highest BCUT2D eigenvalue weighted by atomic mass is 32.1.